The third kappa shape index (κ3) is 67.8. The Morgan fingerprint density at radius 1 is 0.236 bits per heavy atom. The van der Waals surface area contributed by atoms with Gasteiger partial charge in [0.05, 0.1) is 0 Å². The zero-order valence-electron chi connectivity index (χ0n) is 51.3. The Bertz CT molecular complexity index is 919. The van der Waals surface area contributed by atoms with Crippen LogP contribution in [0.2, 0.25) is 0 Å². The predicted octanol–water partition coefficient (Wildman–Crippen LogP) is 25.3. The normalized spacial score (nSPS) is 12.4. The summed E-state index contributed by atoms with van der Waals surface area (Å²) in [5, 5.41) is 0. The molecule has 0 radical (unpaired) electrons. The van der Waals surface area contributed by atoms with Crippen molar-refractivity contribution in [2.75, 3.05) is 12.5 Å². The largest absolute Gasteiger partial charge is 0.299 e. The Balaban J connectivity index is 0. The van der Waals surface area contributed by atoms with E-state index in [1.54, 1.807) is 12.5 Å². The van der Waals surface area contributed by atoms with E-state index in [1.165, 1.54) is 372 Å². The molecule has 72 heavy (non-hydrogen) atoms. The maximum atomic E-state index is 13.0. The van der Waals surface area contributed by atoms with Crippen molar-refractivity contribution in [1.82, 2.24) is 0 Å². The number of hydrogen-bond donors (Lipinski definition) is 0. The van der Waals surface area contributed by atoms with E-state index in [0.717, 1.165) is 12.8 Å². The fourth-order valence-electron chi connectivity index (χ4n) is 11.4. The Morgan fingerprint density at radius 2 is 0.333 bits per heavy atom. The van der Waals surface area contributed by atoms with Gasteiger partial charge < -0.3 is 0 Å². The molecule has 0 bridgehead atoms. The van der Waals surface area contributed by atoms with Crippen molar-refractivity contribution in [1.29, 1.82) is 0 Å². The van der Waals surface area contributed by atoms with Gasteiger partial charge in [0.1, 0.15) is 5.78 Å². The van der Waals surface area contributed by atoms with Crippen molar-refractivity contribution in [2.24, 2.45) is 11.8 Å². The van der Waals surface area contributed by atoms with Crippen LogP contribution in [0.1, 0.15) is 413 Å². The second kappa shape index (κ2) is 66.9. The predicted molar refractivity (Wildman–Crippen MR) is 332 cm³/mol. The van der Waals surface area contributed by atoms with E-state index in [9.17, 15) is 9.00 Å². The van der Waals surface area contributed by atoms with Gasteiger partial charge in [0.25, 0.3) is 0 Å². The van der Waals surface area contributed by atoms with E-state index in [2.05, 4.69) is 27.7 Å². The minimum atomic E-state index is -0.611. The number of Topliss-reactive ketones (excluding diaryl/α,β-unsaturated/α-hetero) is 1. The van der Waals surface area contributed by atoms with Crippen LogP contribution in [0.15, 0.2) is 0 Å². The minimum Gasteiger partial charge on any atom is -0.299 e. The number of carbonyl (C=O) groups is 1. The Kier molecular flexibility index (Phi) is 68.7. The molecule has 0 rings (SSSR count). The molecular formula is C69H140O2S. The van der Waals surface area contributed by atoms with Crippen molar-refractivity contribution in [3.63, 3.8) is 0 Å². The summed E-state index contributed by atoms with van der Waals surface area (Å²) in [6.45, 7) is 9.04. The number of ketones is 1. The van der Waals surface area contributed by atoms with Gasteiger partial charge in [0, 0.05) is 35.1 Å². The summed E-state index contributed by atoms with van der Waals surface area (Å²) in [6.07, 6.45) is 89.5. The molecule has 2 nitrogen and oxygen atoms in total. The zero-order chi connectivity index (χ0) is 52.7. The van der Waals surface area contributed by atoms with Crippen LogP contribution in [0.4, 0.5) is 0 Å². The SMILES string of the molecule is CCCCCCCCCCCCCCCCCCCCCCCCCCCCCCCC(C)C(=O)C(C)CCCCCCCCCCCCCCCCCCCCCCCCCCCCCCC.CS(C)=O. The molecule has 0 aromatic rings. The molecule has 0 aliphatic heterocycles. The molecule has 0 heterocycles. The summed E-state index contributed by atoms with van der Waals surface area (Å²) in [7, 11) is -0.611. The van der Waals surface area contributed by atoms with Crippen LogP contribution in [0.25, 0.3) is 0 Å². The maximum absolute atomic E-state index is 13.0. The van der Waals surface area contributed by atoms with Gasteiger partial charge in [-0.2, -0.15) is 0 Å². The summed E-state index contributed by atoms with van der Waals surface area (Å²) in [4.78, 5) is 13.0. The molecule has 0 saturated heterocycles. The number of hydrogen-bond acceptors (Lipinski definition) is 2. The van der Waals surface area contributed by atoms with E-state index < -0.39 is 10.8 Å². The first-order valence-corrected chi connectivity index (χ1v) is 36.1. The van der Waals surface area contributed by atoms with Crippen molar-refractivity contribution >= 4 is 16.6 Å². The van der Waals surface area contributed by atoms with Gasteiger partial charge in [-0.1, -0.05) is 400 Å². The van der Waals surface area contributed by atoms with E-state index in [0.29, 0.717) is 5.78 Å². The van der Waals surface area contributed by atoms with Crippen LogP contribution in [0.5, 0.6) is 0 Å². The molecule has 3 heteroatoms. The fraction of sp³-hybridized carbons (Fsp3) is 0.986. The lowest BCUT2D eigenvalue weighted by atomic mass is 9.88. The average Bonchev–Trinajstić information content (AvgIpc) is 3.37. The quantitative estimate of drug-likeness (QED) is 0.0569. The van der Waals surface area contributed by atoms with Crippen LogP contribution in [-0.2, 0) is 15.6 Å². The molecule has 0 aromatic carbocycles. The third-order valence-electron chi connectivity index (χ3n) is 16.5. The molecule has 0 amide bonds. The molecular weight excluding hydrogens is 893 g/mol. The molecule has 0 fully saturated rings. The minimum absolute atomic E-state index is 0.266. The number of carbonyl (C=O) groups excluding carboxylic acids is 1. The molecule has 0 saturated carbocycles. The molecule has 2 unspecified atom stereocenters. The summed E-state index contributed by atoms with van der Waals surface area (Å²) < 4.78 is 9.56. The second-order valence-electron chi connectivity index (χ2n) is 24.3. The van der Waals surface area contributed by atoms with Gasteiger partial charge >= 0.3 is 0 Å². The topological polar surface area (TPSA) is 34.1 Å². The monoisotopic (exact) mass is 1030 g/mol. The molecule has 434 valence electrons. The molecule has 0 aliphatic carbocycles. The molecule has 0 N–H and O–H groups in total. The fourth-order valence-corrected chi connectivity index (χ4v) is 11.4. The number of unbranched alkanes of at least 4 members (excludes halogenated alkanes) is 56. The van der Waals surface area contributed by atoms with Gasteiger partial charge in [-0.25, -0.2) is 0 Å². The van der Waals surface area contributed by atoms with Crippen LogP contribution < -0.4 is 0 Å². The molecule has 0 aromatic heterocycles. The van der Waals surface area contributed by atoms with Gasteiger partial charge in [0.2, 0.25) is 0 Å². The maximum Gasteiger partial charge on any atom is 0.138 e. The third-order valence-corrected chi connectivity index (χ3v) is 16.5. The average molecular weight is 1030 g/mol. The summed E-state index contributed by atoms with van der Waals surface area (Å²) in [5.74, 6) is 1.08. The zero-order valence-corrected chi connectivity index (χ0v) is 52.1. The summed E-state index contributed by atoms with van der Waals surface area (Å²) >= 11 is 0. The van der Waals surface area contributed by atoms with Crippen LogP contribution in [0.3, 0.4) is 0 Å². The lowest BCUT2D eigenvalue weighted by Crippen LogP contribution is -2.19. The second-order valence-corrected chi connectivity index (χ2v) is 25.8. The van der Waals surface area contributed by atoms with Gasteiger partial charge in [-0.15, -0.1) is 0 Å². The van der Waals surface area contributed by atoms with Crippen molar-refractivity contribution in [2.45, 2.75) is 413 Å². The summed E-state index contributed by atoms with van der Waals surface area (Å²) in [5.41, 5.74) is 0. The van der Waals surface area contributed by atoms with E-state index in [1.807, 2.05) is 0 Å². The highest BCUT2D eigenvalue weighted by atomic mass is 32.2. The standard InChI is InChI=1S/C67H134O.C2H6OS/c1-5-7-9-11-13-15-17-19-21-23-25-27-29-31-33-35-37-39-41-43-45-47-49-51-53-55-57-59-61-63-65(3)67(68)66(4)64-62-60-58-56-54-52-50-48-46-44-42-40-38-36-34-32-30-28-26-24-22-20-18-16-14-12-10-8-6-2;1-4(2)3/h65-66H,5-64H2,1-4H3;1-2H3. The van der Waals surface area contributed by atoms with E-state index in [4.69, 9.17) is 0 Å². The van der Waals surface area contributed by atoms with Gasteiger partial charge in [-0.3, -0.25) is 9.00 Å². The first-order valence-electron chi connectivity index (χ1n) is 34.2. The summed E-state index contributed by atoms with van der Waals surface area (Å²) in [6, 6.07) is 0. The molecule has 2 atom stereocenters. The first-order chi connectivity index (χ1) is 35.4. The van der Waals surface area contributed by atoms with Crippen LogP contribution >= 0.6 is 0 Å². The Hall–Kier alpha value is -0.180. The number of rotatable bonds is 62. The first kappa shape index (κ1) is 73.9. The lowest BCUT2D eigenvalue weighted by Gasteiger charge is -2.16. The van der Waals surface area contributed by atoms with Crippen LogP contribution in [0, 0.1) is 11.8 Å². The highest BCUT2D eigenvalue weighted by molar-refractivity contribution is 7.83. The molecule has 0 aliphatic rings. The molecule has 0 spiro atoms. The highest BCUT2D eigenvalue weighted by Gasteiger charge is 2.19. The van der Waals surface area contributed by atoms with E-state index >= 15 is 0 Å². The van der Waals surface area contributed by atoms with Crippen molar-refractivity contribution < 1.29 is 9.00 Å². The van der Waals surface area contributed by atoms with Crippen molar-refractivity contribution in [3.8, 4) is 0 Å². The van der Waals surface area contributed by atoms with E-state index in [-0.39, 0.29) is 11.8 Å². The lowest BCUT2D eigenvalue weighted by molar-refractivity contribution is -0.126. The van der Waals surface area contributed by atoms with Gasteiger partial charge in [0.15, 0.2) is 0 Å². The van der Waals surface area contributed by atoms with Crippen molar-refractivity contribution in [3.05, 3.63) is 0 Å². The highest BCUT2D eigenvalue weighted by Crippen LogP contribution is 2.22. The van der Waals surface area contributed by atoms with Crippen LogP contribution in [-0.4, -0.2) is 22.5 Å². The van der Waals surface area contributed by atoms with Gasteiger partial charge in [-0.05, 0) is 12.8 Å². The Morgan fingerprint density at radius 3 is 0.444 bits per heavy atom. The Labute approximate surface area is 460 Å². The smallest absolute Gasteiger partial charge is 0.138 e.